The molecule has 1 amide bonds. The van der Waals surface area contributed by atoms with E-state index < -0.39 is 0 Å². The predicted octanol–water partition coefficient (Wildman–Crippen LogP) is 5.40. The maximum Gasteiger partial charge on any atom is 0.250 e. The molecule has 0 aliphatic heterocycles. The first kappa shape index (κ1) is 23.3. The van der Waals surface area contributed by atoms with Gasteiger partial charge in [0.1, 0.15) is 5.75 Å². The summed E-state index contributed by atoms with van der Waals surface area (Å²) in [5.74, 6) is 1.48. The minimum Gasteiger partial charge on any atom is -0.496 e. The van der Waals surface area contributed by atoms with Crippen LogP contribution in [0.4, 0.5) is 0 Å². The van der Waals surface area contributed by atoms with Gasteiger partial charge in [-0.15, -0.1) is 10.2 Å². The summed E-state index contributed by atoms with van der Waals surface area (Å²) in [7, 11) is 1.62. The van der Waals surface area contributed by atoms with Crippen molar-refractivity contribution >= 4 is 64.7 Å². The minimum atomic E-state index is -0.215. The largest absolute Gasteiger partial charge is 0.496 e. The molecule has 0 bridgehead atoms. The van der Waals surface area contributed by atoms with E-state index in [4.69, 9.17) is 16.3 Å². The number of rotatable bonds is 10. The molecule has 0 radical (unpaired) electrons. The van der Waals surface area contributed by atoms with Crippen LogP contribution in [0, 0.1) is 0 Å². The van der Waals surface area contributed by atoms with Gasteiger partial charge in [-0.05, 0) is 29.8 Å². The van der Waals surface area contributed by atoms with Gasteiger partial charge in [-0.3, -0.25) is 4.79 Å². The lowest BCUT2D eigenvalue weighted by atomic mass is 10.2. The van der Waals surface area contributed by atoms with E-state index in [0.717, 1.165) is 36.3 Å². The molecule has 0 spiro atoms. The van der Waals surface area contributed by atoms with Crippen molar-refractivity contribution in [2.75, 3.05) is 12.9 Å². The molecule has 160 valence electrons. The number of thioether (sulfide) groups is 2. The summed E-state index contributed by atoms with van der Waals surface area (Å²) >= 11 is 10.5. The Morgan fingerprint density at radius 2 is 1.90 bits per heavy atom. The van der Waals surface area contributed by atoms with E-state index in [2.05, 4.69) is 20.7 Å². The molecule has 0 unspecified atom stereocenters. The normalized spacial score (nSPS) is 11.3. The monoisotopic (exact) mass is 490 g/mol. The Labute approximate surface area is 198 Å². The molecule has 0 saturated carbocycles. The topological polar surface area (TPSA) is 76.5 Å². The van der Waals surface area contributed by atoms with Gasteiger partial charge in [0.05, 0.1) is 12.9 Å². The first-order chi connectivity index (χ1) is 15.2. The Kier molecular flexibility index (Phi) is 9.41. The summed E-state index contributed by atoms with van der Waals surface area (Å²) in [6.07, 6.45) is 5.11. The van der Waals surface area contributed by atoms with Gasteiger partial charge < -0.3 is 4.74 Å². The standard InChI is InChI=1S/C21H19ClN4O2S3/c1-28-18-11-5-3-7-15(18)9-6-12-23-24-19(27)14-30-21-26-25-20(31-21)29-13-16-8-2-4-10-17(16)22/h2-12H,13-14H2,1H3,(H,24,27). The van der Waals surface area contributed by atoms with Crippen LogP contribution < -0.4 is 10.2 Å². The van der Waals surface area contributed by atoms with E-state index in [9.17, 15) is 4.79 Å². The van der Waals surface area contributed by atoms with Gasteiger partial charge in [0, 0.05) is 22.6 Å². The highest BCUT2D eigenvalue weighted by Crippen LogP contribution is 2.32. The molecule has 0 aliphatic carbocycles. The second-order valence-electron chi connectivity index (χ2n) is 5.92. The highest BCUT2D eigenvalue weighted by molar-refractivity contribution is 8.03. The van der Waals surface area contributed by atoms with Gasteiger partial charge in [0.25, 0.3) is 5.91 Å². The van der Waals surface area contributed by atoms with Crippen LogP contribution in [0.25, 0.3) is 6.08 Å². The molecule has 0 fully saturated rings. The number of benzene rings is 2. The lowest BCUT2D eigenvalue weighted by Gasteiger charge is -2.02. The molecule has 0 atom stereocenters. The zero-order valence-corrected chi connectivity index (χ0v) is 19.7. The summed E-state index contributed by atoms with van der Waals surface area (Å²) < 4.78 is 6.84. The number of aromatic nitrogens is 2. The number of carbonyl (C=O) groups is 1. The van der Waals surface area contributed by atoms with E-state index in [1.807, 2.05) is 54.6 Å². The molecule has 3 rings (SSSR count). The van der Waals surface area contributed by atoms with Gasteiger partial charge in [-0.25, -0.2) is 5.43 Å². The van der Waals surface area contributed by atoms with Crippen molar-refractivity contribution in [3.8, 4) is 5.75 Å². The molecule has 6 nitrogen and oxygen atoms in total. The van der Waals surface area contributed by atoms with Crippen LogP contribution in [0.5, 0.6) is 5.75 Å². The van der Waals surface area contributed by atoms with Gasteiger partial charge in [-0.1, -0.05) is 82.9 Å². The molecule has 31 heavy (non-hydrogen) atoms. The second kappa shape index (κ2) is 12.5. The lowest BCUT2D eigenvalue weighted by molar-refractivity contribution is -0.118. The number of carbonyl (C=O) groups excluding carboxylic acids is 1. The van der Waals surface area contributed by atoms with Gasteiger partial charge >= 0.3 is 0 Å². The third-order valence-corrected chi connectivity index (χ3v) is 7.40. The number of halogens is 1. The van der Waals surface area contributed by atoms with Crippen molar-refractivity contribution in [1.29, 1.82) is 0 Å². The summed E-state index contributed by atoms with van der Waals surface area (Å²) in [6.45, 7) is 0. The smallest absolute Gasteiger partial charge is 0.250 e. The molecule has 3 aromatic rings. The Hall–Kier alpha value is -2.33. The average molecular weight is 491 g/mol. The first-order valence-corrected chi connectivity index (χ1v) is 12.3. The Morgan fingerprint density at radius 3 is 2.71 bits per heavy atom. The number of amides is 1. The van der Waals surface area contributed by atoms with Gasteiger partial charge in [-0.2, -0.15) is 5.10 Å². The molecule has 1 heterocycles. The van der Waals surface area contributed by atoms with Gasteiger partial charge in [0.15, 0.2) is 8.68 Å². The van der Waals surface area contributed by atoms with E-state index >= 15 is 0 Å². The summed E-state index contributed by atoms with van der Waals surface area (Å²) in [5.41, 5.74) is 4.47. The lowest BCUT2D eigenvalue weighted by Crippen LogP contribution is -2.19. The minimum absolute atomic E-state index is 0.206. The van der Waals surface area contributed by atoms with Crippen molar-refractivity contribution < 1.29 is 9.53 Å². The SMILES string of the molecule is COc1ccccc1C=CC=NNC(=O)CSc1nnc(SCc2ccccc2Cl)s1. The van der Waals surface area contributed by atoms with Crippen LogP contribution in [0.15, 0.2) is 68.4 Å². The van der Waals surface area contributed by atoms with Crippen LogP contribution in [0.2, 0.25) is 5.02 Å². The predicted molar refractivity (Wildman–Crippen MR) is 130 cm³/mol. The zero-order valence-electron chi connectivity index (χ0n) is 16.5. The van der Waals surface area contributed by atoms with Crippen molar-refractivity contribution in [1.82, 2.24) is 15.6 Å². The number of hydrazone groups is 1. The van der Waals surface area contributed by atoms with E-state index in [1.54, 1.807) is 24.9 Å². The fraction of sp³-hybridized carbons (Fsp3) is 0.143. The highest BCUT2D eigenvalue weighted by Gasteiger charge is 2.09. The molecule has 0 aliphatic rings. The molecule has 0 saturated heterocycles. The highest BCUT2D eigenvalue weighted by atomic mass is 35.5. The number of methoxy groups -OCH3 is 1. The third-order valence-electron chi connectivity index (χ3n) is 3.79. The van der Waals surface area contributed by atoms with Crippen molar-refractivity contribution in [2.24, 2.45) is 5.10 Å². The average Bonchev–Trinajstić information content (AvgIpc) is 3.25. The maximum atomic E-state index is 12.0. The Bertz CT molecular complexity index is 1070. The molecular weight excluding hydrogens is 472 g/mol. The number of nitrogens with one attached hydrogen (secondary N) is 1. The van der Waals surface area contributed by atoms with Crippen LogP contribution in [0.3, 0.4) is 0 Å². The molecule has 2 aromatic carbocycles. The Morgan fingerprint density at radius 1 is 1.16 bits per heavy atom. The third kappa shape index (κ3) is 7.70. The van der Waals surface area contributed by atoms with E-state index in [-0.39, 0.29) is 11.7 Å². The Balaban J connectivity index is 1.39. The van der Waals surface area contributed by atoms with E-state index in [1.165, 1.54) is 29.3 Å². The number of hydrogen-bond donors (Lipinski definition) is 1. The second-order valence-corrected chi connectivity index (χ2v) is 9.75. The number of hydrogen-bond acceptors (Lipinski definition) is 8. The maximum absolute atomic E-state index is 12.0. The number of ether oxygens (including phenoxy) is 1. The van der Waals surface area contributed by atoms with Crippen LogP contribution in [0.1, 0.15) is 11.1 Å². The fourth-order valence-corrected chi connectivity index (χ4v) is 5.43. The molecule has 1 aromatic heterocycles. The van der Waals surface area contributed by atoms with Crippen molar-refractivity contribution in [3.05, 3.63) is 70.8 Å². The van der Waals surface area contributed by atoms with Crippen LogP contribution in [-0.4, -0.2) is 35.2 Å². The molecular formula is C21H19ClN4O2S3. The zero-order chi connectivity index (χ0) is 21.9. The summed E-state index contributed by atoms with van der Waals surface area (Å²) in [6, 6.07) is 15.4. The van der Waals surface area contributed by atoms with Crippen molar-refractivity contribution in [2.45, 2.75) is 14.4 Å². The number of para-hydroxylation sites is 1. The van der Waals surface area contributed by atoms with Crippen LogP contribution in [-0.2, 0) is 10.5 Å². The molecule has 1 N–H and O–H groups in total. The first-order valence-electron chi connectivity index (χ1n) is 9.10. The van der Waals surface area contributed by atoms with E-state index in [0.29, 0.717) is 0 Å². The quantitative estimate of drug-likeness (QED) is 0.233. The number of nitrogens with zero attached hydrogens (tertiary/aromatic N) is 3. The van der Waals surface area contributed by atoms with Crippen molar-refractivity contribution in [3.63, 3.8) is 0 Å². The summed E-state index contributed by atoms with van der Waals surface area (Å²) in [4.78, 5) is 12.0. The van der Waals surface area contributed by atoms with Gasteiger partial charge in [0.2, 0.25) is 0 Å². The van der Waals surface area contributed by atoms with Crippen LogP contribution >= 0.6 is 46.5 Å². The molecule has 10 heteroatoms. The number of allylic oxidation sites excluding steroid dienone is 1. The fourth-order valence-electron chi connectivity index (χ4n) is 2.33. The summed E-state index contributed by atoms with van der Waals surface area (Å²) in [5, 5.41) is 12.9.